The number of rotatable bonds is 4. The summed E-state index contributed by atoms with van der Waals surface area (Å²) >= 11 is 4.16. The number of nitrogens with one attached hydrogen (secondary N) is 2. The van der Waals surface area contributed by atoms with Gasteiger partial charge in [0.15, 0.2) is 0 Å². The Morgan fingerprint density at radius 1 is 1.60 bits per heavy atom. The summed E-state index contributed by atoms with van der Waals surface area (Å²) in [5.74, 6) is 0.960. The molecule has 0 saturated carbocycles. The van der Waals surface area contributed by atoms with Gasteiger partial charge in [-0.25, -0.2) is 0 Å². The third-order valence-electron chi connectivity index (χ3n) is 2.90. The smallest absolute Gasteiger partial charge is 0.223 e. The quantitative estimate of drug-likeness (QED) is 0.506. The van der Waals surface area contributed by atoms with Crippen molar-refractivity contribution in [3.05, 3.63) is 0 Å². The van der Waals surface area contributed by atoms with Crippen LogP contribution in [0.4, 0.5) is 0 Å². The van der Waals surface area contributed by atoms with Gasteiger partial charge in [0.1, 0.15) is 0 Å². The summed E-state index contributed by atoms with van der Waals surface area (Å²) in [4.78, 5) is 11.7. The minimum absolute atomic E-state index is 0.0236. The van der Waals surface area contributed by atoms with Crippen molar-refractivity contribution in [3.63, 3.8) is 0 Å². The average molecular weight is 230 g/mol. The molecule has 1 rings (SSSR count). The van der Waals surface area contributed by atoms with Crippen molar-refractivity contribution in [1.29, 1.82) is 0 Å². The highest BCUT2D eigenvalue weighted by atomic mass is 32.1. The van der Waals surface area contributed by atoms with Crippen LogP contribution in [0.1, 0.15) is 40.5 Å². The molecule has 0 aliphatic carbocycles. The molecule has 1 heterocycles. The lowest BCUT2D eigenvalue weighted by Crippen LogP contribution is -2.41. The molecule has 1 saturated heterocycles. The minimum Gasteiger partial charge on any atom is -0.351 e. The van der Waals surface area contributed by atoms with E-state index >= 15 is 0 Å². The zero-order valence-corrected chi connectivity index (χ0v) is 10.9. The molecule has 0 aromatic rings. The summed E-state index contributed by atoms with van der Waals surface area (Å²) in [7, 11) is 0. The first-order chi connectivity index (χ1) is 6.76. The number of hydrogen-bond donors (Lipinski definition) is 3. The summed E-state index contributed by atoms with van der Waals surface area (Å²) < 4.78 is 0. The van der Waals surface area contributed by atoms with Gasteiger partial charge in [0.25, 0.3) is 0 Å². The normalized spacial score (nSPS) is 25.4. The first kappa shape index (κ1) is 12.8. The number of amides is 1. The molecule has 0 spiro atoms. The lowest BCUT2D eigenvalue weighted by atomic mass is 9.86. The molecule has 3 nitrogen and oxygen atoms in total. The van der Waals surface area contributed by atoms with E-state index in [4.69, 9.17) is 0 Å². The molecule has 1 aliphatic heterocycles. The molecule has 2 N–H and O–H groups in total. The van der Waals surface area contributed by atoms with Gasteiger partial charge in [-0.2, -0.15) is 12.6 Å². The monoisotopic (exact) mass is 230 g/mol. The van der Waals surface area contributed by atoms with Crippen molar-refractivity contribution >= 4 is 18.5 Å². The second kappa shape index (κ2) is 4.34. The molecule has 88 valence electrons. The Bertz CT molecular complexity index is 251. The van der Waals surface area contributed by atoms with Gasteiger partial charge in [0.05, 0.1) is 0 Å². The van der Waals surface area contributed by atoms with E-state index in [9.17, 15) is 4.79 Å². The van der Waals surface area contributed by atoms with Crippen LogP contribution >= 0.6 is 12.6 Å². The number of carbonyl (C=O) groups excluding carboxylic acids is 1. The zero-order valence-electron chi connectivity index (χ0n) is 10.1. The first-order valence-electron chi connectivity index (χ1n) is 5.44. The number of hydrogen-bond acceptors (Lipinski definition) is 3. The maximum Gasteiger partial charge on any atom is 0.223 e. The predicted molar refractivity (Wildman–Crippen MR) is 66.0 cm³/mol. The molecule has 1 atom stereocenters. The Labute approximate surface area is 97.8 Å². The molecule has 1 amide bonds. The van der Waals surface area contributed by atoms with Crippen LogP contribution in [0.2, 0.25) is 0 Å². The van der Waals surface area contributed by atoms with E-state index in [0.717, 1.165) is 12.8 Å². The van der Waals surface area contributed by atoms with Crippen molar-refractivity contribution in [2.24, 2.45) is 5.92 Å². The average Bonchev–Trinajstić information content (AvgIpc) is 2.22. The van der Waals surface area contributed by atoms with Gasteiger partial charge in [0.2, 0.25) is 5.91 Å². The lowest BCUT2D eigenvalue weighted by molar-refractivity contribution is -0.123. The molecule has 1 unspecified atom stereocenters. The molecule has 15 heavy (non-hydrogen) atoms. The van der Waals surface area contributed by atoms with E-state index in [1.807, 2.05) is 0 Å². The molecular formula is C11H22N2OS. The van der Waals surface area contributed by atoms with Gasteiger partial charge in [-0.15, -0.1) is 0 Å². The SMILES string of the molecule is CC(C)(CC1CC(C)(C)NC1=O)NCS. The van der Waals surface area contributed by atoms with E-state index in [-0.39, 0.29) is 22.9 Å². The highest BCUT2D eigenvalue weighted by Gasteiger charge is 2.39. The fourth-order valence-electron chi connectivity index (χ4n) is 2.26. The van der Waals surface area contributed by atoms with Crippen LogP contribution in [0.3, 0.4) is 0 Å². The van der Waals surface area contributed by atoms with Crippen LogP contribution in [0.15, 0.2) is 0 Å². The van der Waals surface area contributed by atoms with Gasteiger partial charge in [0, 0.05) is 22.9 Å². The molecule has 1 aliphatic rings. The Morgan fingerprint density at radius 2 is 2.20 bits per heavy atom. The van der Waals surface area contributed by atoms with Crippen LogP contribution in [0.5, 0.6) is 0 Å². The highest BCUT2D eigenvalue weighted by molar-refractivity contribution is 7.80. The predicted octanol–water partition coefficient (Wildman–Crippen LogP) is 1.55. The lowest BCUT2D eigenvalue weighted by Gasteiger charge is -2.28. The van der Waals surface area contributed by atoms with E-state index in [0.29, 0.717) is 5.88 Å². The van der Waals surface area contributed by atoms with Gasteiger partial charge in [-0.1, -0.05) is 0 Å². The minimum atomic E-state index is -0.0429. The molecule has 0 aromatic heterocycles. The van der Waals surface area contributed by atoms with Gasteiger partial charge in [-0.3, -0.25) is 4.79 Å². The third kappa shape index (κ3) is 3.68. The number of thiol groups is 1. The van der Waals surface area contributed by atoms with Crippen molar-refractivity contribution in [3.8, 4) is 0 Å². The van der Waals surface area contributed by atoms with Gasteiger partial charge >= 0.3 is 0 Å². The molecule has 0 bridgehead atoms. The summed E-state index contributed by atoms with van der Waals surface area (Å²) in [6.45, 7) is 8.37. The molecule has 1 fully saturated rings. The van der Waals surface area contributed by atoms with Crippen molar-refractivity contribution in [1.82, 2.24) is 10.6 Å². The maximum absolute atomic E-state index is 11.7. The van der Waals surface area contributed by atoms with Crippen LogP contribution in [-0.2, 0) is 4.79 Å². The fourth-order valence-corrected chi connectivity index (χ4v) is 2.69. The van der Waals surface area contributed by atoms with Crippen molar-refractivity contribution in [2.45, 2.75) is 51.6 Å². The largest absolute Gasteiger partial charge is 0.351 e. The summed E-state index contributed by atoms with van der Waals surface area (Å²) in [5.41, 5.74) is -0.0665. The van der Waals surface area contributed by atoms with Crippen LogP contribution in [-0.4, -0.2) is 22.9 Å². The van der Waals surface area contributed by atoms with E-state index < -0.39 is 0 Å². The standard InChI is InChI=1S/C11H22N2OS/c1-10(2,12-7-15)5-8-6-11(3,4)13-9(8)14/h8,12,15H,5-7H2,1-4H3,(H,13,14). The summed E-state index contributed by atoms with van der Waals surface area (Å²) in [6.07, 6.45) is 1.78. The summed E-state index contributed by atoms with van der Waals surface area (Å²) in [5, 5.41) is 6.30. The van der Waals surface area contributed by atoms with Crippen LogP contribution in [0.25, 0.3) is 0 Å². The van der Waals surface area contributed by atoms with E-state index in [2.05, 4.69) is 51.0 Å². The molecular weight excluding hydrogens is 208 g/mol. The second-order valence-electron chi connectivity index (χ2n) is 5.70. The maximum atomic E-state index is 11.7. The molecule has 4 heteroatoms. The fraction of sp³-hybridized carbons (Fsp3) is 0.909. The van der Waals surface area contributed by atoms with Crippen LogP contribution < -0.4 is 10.6 Å². The van der Waals surface area contributed by atoms with Gasteiger partial charge < -0.3 is 10.6 Å². The van der Waals surface area contributed by atoms with Crippen molar-refractivity contribution in [2.75, 3.05) is 5.88 Å². The third-order valence-corrected chi connectivity index (χ3v) is 3.06. The molecule has 0 aromatic carbocycles. The summed E-state index contributed by atoms with van der Waals surface area (Å²) in [6, 6.07) is 0. The van der Waals surface area contributed by atoms with Gasteiger partial charge in [-0.05, 0) is 40.5 Å². The van der Waals surface area contributed by atoms with E-state index in [1.54, 1.807) is 0 Å². The molecule has 0 radical (unpaired) electrons. The first-order valence-corrected chi connectivity index (χ1v) is 6.07. The van der Waals surface area contributed by atoms with E-state index in [1.165, 1.54) is 0 Å². The number of carbonyl (C=O) groups is 1. The Balaban J connectivity index is 2.56. The Kier molecular flexibility index (Phi) is 3.71. The Morgan fingerprint density at radius 3 is 2.60 bits per heavy atom. The van der Waals surface area contributed by atoms with Crippen LogP contribution in [0, 0.1) is 5.92 Å². The topological polar surface area (TPSA) is 41.1 Å². The highest BCUT2D eigenvalue weighted by Crippen LogP contribution is 2.30. The van der Waals surface area contributed by atoms with Crippen molar-refractivity contribution < 1.29 is 4.79 Å². The second-order valence-corrected chi connectivity index (χ2v) is 6.01. The zero-order chi connectivity index (χ0) is 11.7. The Hall–Kier alpha value is -0.220.